The average Bonchev–Trinajstić information content (AvgIpc) is 1.87. The van der Waals surface area contributed by atoms with Crippen LogP contribution in [0.5, 0.6) is 0 Å². The maximum absolute atomic E-state index is 11.7. The minimum Gasteiger partial charge on any atom is -0.294 e. The highest BCUT2D eigenvalue weighted by molar-refractivity contribution is 5.96. The largest absolute Gasteiger partial charge is 0.294 e. The van der Waals surface area contributed by atoms with Crippen LogP contribution in [0.1, 0.15) is 20.3 Å². The Kier molecular flexibility index (Phi) is 3.93. The molecule has 0 spiro atoms. The highest BCUT2D eigenvalue weighted by Crippen LogP contribution is 2.07. The molecule has 58 valence electrons. The number of hydrogen-bond acceptors (Lipinski definition) is 1. The van der Waals surface area contributed by atoms with E-state index in [-0.39, 0.29) is 18.1 Å². The minimum atomic E-state index is -0.489. The first-order valence-corrected chi connectivity index (χ1v) is 3.37. The molecule has 0 aliphatic rings. The van der Waals surface area contributed by atoms with E-state index in [1.807, 2.05) is 0 Å². The fourth-order valence-corrected chi connectivity index (χ4v) is 0.646. The molecule has 0 N–H and O–H groups in total. The summed E-state index contributed by atoms with van der Waals surface area (Å²) in [7, 11) is 0. The van der Waals surface area contributed by atoms with Gasteiger partial charge in [-0.25, -0.2) is 0 Å². The standard InChI is InChI=1S/C8H13FO/c1-6(2)8(10)7(3)4-5-9/h6H,3-5H2,1-2H3. The Morgan fingerprint density at radius 2 is 2.10 bits per heavy atom. The van der Waals surface area contributed by atoms with Crippen LogP contribution in [0.2, 0.25) is 0 Å². The Bertz CT molecular complexity index is 138. The topological polar surface area (TPSA) is 17.1 Å². The lowest BCUT2D eigenvalue weighted by molar-refractivity contribution is -0.118. The Balaban J connectivity index is 3.83. The lowest BCUT2D eigenvalue weighted by Crippen LogP contribution is -2.09. The van der Waals surface area contributed by atoms with Crippen LogP contribution in [0.3, 0.4) is 0 Å². The molecule has 0 saturated heterocycles. The third-order valence-electron chi connectivity index (χ3n) is 1.27. The van der Waals surface area contributed by atoms with Gasteiger partial charge >= 0.3 is 0 Å². The number of carbonyl (C=O) groups is 1. The molecular weight excluding hydrogens is 131 g/mol. The Morgan fingerprint density at radius 3 is 2.40 bits per heavy atom. The Labute approximate surface area is 60.9 Å². The number of alkyl halides is 1. The van der Waals surface area contributed by atoms with Crippen LogP contribution in [-0.4, -0.2) is 12.5 Å². The predicted molar refractivity (Wildman–Crippen MR) is 39.6 cm³/mol. The van der Waals surface area contributed by atoms with Crippen molar-refractivity contribution < 1.29 is 9.18 Å². The number of ketones is 1. The van der Waals surface area contributed by atoms with E-state index >= 15 is 0 Å². The van der Waals surface area contributed by atoms with E-state index in [1.54, 1.807) is 13.8 Å². The van der Waals surface area contributed by atoms with Crippen molar-refractivity contribution in [1.82, 2.24) is 0 Å². The van der Waals surface area contributed by atoms with Crippen LogP contribution in [0.15, 0.2) is 12.2 Å². The number of allylic oxidation sites excluding steroid dienone is 1. The molecule has 0 amide bonds. The summed E-state index contributed by atoms with van der Waals surface area (Å²) in [6, 6.07) is 0. The van der Waals surface area contributed by atoms with E-state index in [4.69, 9.17) is 0 Å². The third kappa shape index (κ3) is 2.76. The van der Waals surface area contributed by atoms with Gasteiger partial charge in [-0.1, -0.05) is 20.4 Å². The summed E-state index contributed by atoms with van der Waals surface area (Å²) in [4.78, 5) is 11.0. The van der Waals surface area contributed by atoms with Gasteiger partial charge < -0.3 is 0 Å². The molecule has 0 heterocycles. The van der Waals surface area contributed by atoms with Crippen LogP contribution in [0.4, 0.5) is 4.39 Å². The molecule has 0 bridgehead atoms. The van der Waals surface area contributed by atoms with Gasteiger partial charge in [-0.15, -0.1) is 0 Å². The van der Waals surface area contributed by atoms with Gasteiger partial charge in [0.25, 0.3) is 0 Å². The van der Waals surface area contributed by atoms with Gasteiger partial charge in [0.15, 0.2) is 5.78 Å². The maximum Gasteiger partial charge on any atom is 0.160 e. The quantitative estimate of drug-likeness (QED) is 0.552. The zero-order valence-corrected chi connectivity index (χ0v) is 6.48. The first kappa shape index (κ1) is 9.34. The number of hydrogen-bond donors (Lipinski definition) is 0. The molecule has 0 radical (unpaired) electrons. The molecule has 1 nitrogen and oxygen atoms in total. The van der Waals surface area contributed by atoms with Crippen molar-refractivity contribution in [2.75, 3.05) is 6.67 Å². The van der Waals surface area contributed by atoms with Crippen molar-refractivity contribution in [2.24, 2.45) is 5.92 Å². The normalized spacial score (nSPS) is 10.0. The van der Waals surface area contributed by atoms with E-state index in [2.05, 4.69) is 6.58 Å². The molecule has 0 aliphatic carbocycles. The fourth-order valence-electron chi connectivity index (χ4n) is 0.646. The summed E-state index contributed by atoms with van der Waals surface area (Å²) in [5, 5.41) is 0. The fraction of sp³-hybridized carbons (Fsp3) is 0.625. The van der Waals surface area contributed by atoms with Gasteiger partial charge in [-0.2, -0.15) is 0 Å². The first-order valence-electron chi connectivity index (χ1n) is 3.37. The van der Waals surface area contributed by atoms with E-state index in [0.29, 0.717) is 5.57 Å². The molecule has 0 fully saturated rings. The summed E-state index contributed by atoms with van der Waals surface area (Å²) < 4.78 is 11.7. The smallest absolute Gasteiger partial charge is 0.160 e. The van der Waals surface area contributed by atoms with E-state index < -0.39 is 6.67 Å². The van der Waals surface area contributed by atoms with Crippen molar-refractivity contribution in [3.8, 4) is 0 Å². The highest BCUT2D eigenvalue weighted by Gasteiger charge is 2.10. The summed E-state index contributed by atoms with van der Waals surface area (Å²) in [6.07, 6.45) is 0.178. The van der Waals surface area contributed by atoms with Gasteiger partial charge in [0.1, 0.15) is 0 Å². The van der Waals surface area contributed by atoms with Gasteiger partial charge in [0, 0.05) is 12.3 Å². The Morgan fingerprint density at radius 1 is 1.60 bits per heavy atom. The van der Waals surface area contributed by atoms with Crippen molar-refractivity contribution in [3.05, 3.63) is 12.2 Å². The molecule has 0 aromatic carbocycles. The summed E-state index contributed by atoms with van der Waals surface area (Å²) in [6.45, 7) is 6.55. The monoisotopic (exact) mass is 144 g/mol. The molecule has 0 aromatic rings. The molecule has 0 aliphatic heterocycles. The highest BCUT2D eigenvalue weighted by atomic mass is 19.1. The molecular formula is C8H13FO. The van der Waals surface area contributed by atoms with Crippen LogP contribution >= 0.6 is 0 Å². The van der Waals surface area contributed by atoms with E-state index in [0.717, 1.165) is 0 Å². The first-order chi connectivity index (χ1) is 4.59. The summed E-state index contributed by atoms with van der Waals surface area (Å²) in [5.74, 6) is -0.0864. The van der Waals surface area contributed by atoms with Crippen LogP contribution in [0.25, 0.3) is 0 Å². The van der Waals surface area contributed by atoms with Gasteiger partial charge in [0.2, 0.25) is 0 Å². The second-order valence-electron chi connectivity index (χ2n) is 2.56. The summed E-state index contributed by atoms with van der Waals surface area (Å²) in [5.41, 5.74) is 0.400. The van der Waals surface area contributed by atoms with Crippen LogP contribution in [-0.2, 0) is 4.79 Å². The zero-order valence-electron chi connectivity index (χ0n) is 6.48. The molecule has 0 rings (SSSR count). The molecule has 0 aromatic heterocycles. The zero-order chi connectivity index (χ0) is 8.15. The van der Waals surface area contributed by atoms with E-state index in [1.165, 1.54) is 0 Å². The maximum atomic E-state index is 11.7. The number of rotatable bonds is 4. The van der Waals surface area contributed by atoms with Crippen molar-refractivity contribution >= 4 is 5.78 Å². The minimum absolute atomic E-state index is 0.0300. The van der Waals surface area contributed by atoms with Crippen LogP contribution in [0, 0.1) is 5.92 Å². The number of Topliss-reactive ketones (excluding diaryl/α,β-unsaturated/α-hetero) is 1. The predicted octanol–water partition coefficient (Wildman–Crippen LogP) is 2.13. The van der Waals surface area contributed by atoms with Gasteiger partial charge in [0.05, 0.1) is 6.67 Å². The lowest BCUT2D eigenvalue weighted by atomic mass is 10.0. The summed E-state index contributed by atoms with van der Waals surface area (Å²) >= 11 is 0. The van der Waals surface area contributed by atoms with Gasteiger partial charge in [-0.05, 0) is 5.57 Å². The molecule has 0 unspecified atom stereocenters. The van der Waals surface area contributed by atoms with Crippen molar-refractivity contribution in [3.63, 3.8) is 0 Å². The van der Waals surface area contributed by atoms with Crippen molar-refractivity contribution in [2.45, 2.75) is 20.3 Å². The molecule has 2 heteroatoms. The molecule has 0 atom stereocenters. The second kappa shape index (κ2) is 4.20. The van der Waals surface area contributed by atoms with Crippen molar-refractivity contribution in [1.29, 1.82) is 0 Å². The number of halogens is 1. The Hall–Kier alpha value is -0.660. The SMILES string of the molecule is C=C(CCF)C(=O)C(C)C. The van der Waals surface area contributed by atoms with Gasteiger partial charge in [-0.3, -0.25) is 9.18 Å². The molecule has 0 saturated carbocycles. The number of carbonyl (C=O) groups excluding carboxylic acids is 1. The second-order valence-corrected chi connectivity index (χ2v) is 2.56. The lowest BCUT2D eigenvalue weighted by Gasteiger charge is -2.03. The third-order valence-corrected chi connectivity index (χ3v) is 1.27. The van der Waals surface area contributed by atoms with Crippen LogP contribution < -0.4 is 0 Å². The van der Waals surface area contributed by atoms with E-state index in [9.17, 15) is 9.18 Å². The molecule has 10 heavy (non-hydrogen) atoms. The average molecular weight is 144 g/mol.